The number of nitrogens with one attached hydrogen (secondary N) is 1. The van der Waals surface area contributed by atoms with Gasteiger partial charge in [0.25, 0.3) is 11.6 Å². The molecule has 0 unspecified atom stereocenters. The molecule has 0 aliphatic carbocycles. The van der Waals surface area contributed by atoms with Crippen molar-refractivity contribution in [3.63, 3.8) is 0 Å². The molecule has 1 N–H and O–H groups in total. The predicted molar refractivity (Wildman–Crippen MR) is 86.9 cm³/mol. The number of rotatable bonds is 4. The number of nitrogens with zero attached hydrogens (tertiary/aromatic N) is 4. The van der Waals surface area contributed by atoms with Crippen LogP contribution in [0.3, 0.4) is 0 Å². The summed E-state index contributed by atoms with van der Waals surface area (Å²) in [5, 5.41) is 13.7. The van der Waals surface area contributed by atoms with E-state index in [2.05, 4.69) is 15.3 Å². The maximum atomic E-state index is 12.4. The lowest BCUT2D eigenvalue weighted by atomic mass is 10.1. The molecule has 1 aromatic carbocycles. The van der Waals surface area contributed by atoms with Gasteiger partial charge in [0.1, 0.15) is 5.56 Å². The molecule has 1 aromatic heterocycles. The van der Waals surface area contributed by atoms with Gasteiger partial charge in [-0.15, -0.1) is 0 Å². The van der Waals surface area contributed by atoms with E-state index in [-0.39, 0.29) is 11.3 Å². The molecule has 0 saturated carbocycles. The van der Waals surface area contributed by atoms with Crippen LogP contribution in [0.25, 0.3) is 0 Å². The van der Waals surface area contributed by atoms with Crippen LogP contribution in [0.5, 0.6) is 0 Å². The number of hydrogen-bond acceptors (Lipinski definition) is 6. The lowest BCUT2D eigenvalue weighted by Gasteiger charge is -2.15. The van der Waals surface area contributed by atoms with Crippen molar-refractivity contribution in [3.05, 3.63) is 51.3 Å². The highest BCUT2D eigenvalue weighted by Gasteiger charge is 2.21. The number of anilines is 2. The van der Waals surface area contributed by atoms with E-state index in [0.717, 1.165) is 0 Å². The van der Waals surface area contributed by atoms with E-state index in [1.54, 1.807) is 24.8 Å². The Morgan fingerprint density at radius 1 is 1.17 bits per heavy atom. The highest BCUT2D eigenvalue weighted by molar-refractivity contribution is 6.07. The zero-order valence-electron chi connectivity index (χ0n) is 13.3. The van der Waals surface area contributed by atoms with Gasteiger partial charge in [-0.2, -0.15) is 0 Å². The topological polar surface area (TPSA) is 101 Å². The molecule has 120 valence electrons. The third-order valence-corrected chi connectivity index (χ3v) is 3.24. The normalized spacial score (nSPS) is 10.3. The molecule has 0 fully saturated rings. The molecular formula is C15H17N5O3. The molecular weight excluding hydrogens is 298 g/mol. The highest BCUT2D eigenvalue weighted by atomic mass is 16.6. The van der Waals surface area contributed by atoms with Gasteiger partial charge in [0.15, 0.2) is 0 Å². The summed E-state index contributed by atoms with van der Waals surface area (Å²) in [6.45, 7) is 3.49. The lowest BCUT2D eigenvalue weighted by Crippen LogP contribution is -2.19. The summed E-state index contributed by atoms with van der Waals surface area (Å²) in [6, 6.07) is 5.79. The van der Waals surface area contributed by atoms with E-state index in [1.165, 1.54) is 18.2 Å². The number of aryl methyl sites for hydroxylation is 2. The van der Waals surface area contributed by atoms with Crippen LogP contribution in [0, 0.1) is 24.0 Å². The monoisotopic (exact) mass is 315 g/mol. The number of benzene rings is 1. The van der Waals surface area contributed by atoms with Crippen molar-refractivity contribution in [3.8, 4) is 0 Å². The van der Waals surface area contributed by atoms with Crippen molar-refractivity contribution in [1.82, 2.24) is 9.97 Å². The number of nitro benzene ring substituents is 1. The molecule has 1 heterocycles. The zero-order chi connectivity index (χ0) is 17.1. The van der Waals surface area contributed by atoms with Crippen LogP contribution in [0.1, 0.15) is 21.7 Å². The molecule has 8 nitrogen and oxygen atoms in total. The van der Waals surface area contributed by atoms with E-state index in [9.17, 15) is 14.9 Å². The second-order valence-electron chi connectivity index (χ2n) is 5.19. The van der Waals surface area contributed by atoms with E-state index in [4.69, 9.17) is 0 Å². The molecule has 2 rings (SSSR count). The SMILES string of the molecule is Cc1nc(N(C)C)nc(C)c1NC(=O)c1ccccc1[N+](=O)[O-]. The first kappa shape index (κ1) is 16.3. The Balaban J connectivity index is 2.37. The van der Waals surface area contributed by atoms with Gasteiger partial charge in [0.2, 0.25) is 5.95 Å². The van der Waals surface area contributed by atoms with E-state index < -0.39 is 10.8 Å². The Labute approximate surface area is 133 Å². The maximum Gasteiger partial charge on any atom is 0.282 e. The van der Waals surface area contributed by atoms with Crippen LogP contribution in [0.2, 0.25) is 0 Å². The van der Waals surface area contributed by atoms with E-state index >= 15 is 0 Å². The van der Waals surface area contributed by atoms with Gasteiger partial charge in [0.05, 0.1) is 22.0 Å². The maximum absolute atomic E-state index is 12.4. The minimum atomic E-state index is -0.583. The molecule has 0 atom stereocenters. The van der Waals surface area contributed by atoms with Crippen LogP contribution in [-0.2, 0) is 0 Å². The van der Waals surface area contributed by atoms with Gasteiger partial charge < -0.3 is 10.2 Å². The van der Waals surface area contributed by atoms with Crippen molar-refractivity contribution in [2.45, 2.75) is 13.8 Å². The standard InChI is InChI=1S/C15H17N5O3/c1-9-13(10(2)17-15(16-9)19(3)4)18-14(21)11-7-5-6-8-12(11)20(22)23/h5-8H,1-4H3,(H,18,21). The zero-order valence-corrected chi connectivity index (χ0v) is 13.3. The first-order valence-corrected chi connectivity index (χ1v) is 6.88. The highest BCUT2D eigenvalue weighted by Crippen LogP contribution is 2.23. The summed E-state index contributed by atoms with van der Waals surface area (Å²) in [5.41, 5.74) is 1.39. The smallest absolute Gasteiger partial charge is 0.282 e. The number of nitro groups is 1. The molecule has 0 bridgehead atoms. The van der Waals surface area contributed by atoms with Gasteiger partial charge in [0, 0.05) is 20.2 Å². The Morgan fingerprint density at radius 3 is 2.26 bits per heavy atom. The van der Waals surface area contributed by atoms with Crippen molar-refractivity contribution in [2.24, 2.45) is 0 Å². The Hall–Kier alpha value is -3.03. The summed E-state index contributed by atoms with van der Waals surface area (Å²) in [7, 11) is 3.64. The second-order valence-corrected chi connectivity index (χ2v) is 5.19. The van der Waals surface area contributed by atoms with Crippen molar-refractivity contribution in [1.29, 1.82) is 0 Å². The fraction of sp³-hybridized carbons (Fsp3) is 0.267. The summed E-state index contributed by atoms with van der Waals surface area (Å²) in [5.74, 6) is -0.0339. The van der Waals surface area contributed by atoms with Gasteiger partial charge >= 0.3 is 0 Å². The quantitative estimate of drug-likeness (QED) is 0.686. The molecule has 0 spiro atoms. The number of aromatic nitrogens is 2. The van der Waals surface area contributed by atoms with Crippen LogP contribution >= 0.6 is 0 Å². The molecule has 23 heavy (non-hydrogen) atoms. The summed E-state index contributed by atoms with van der Waals surface area (Å²) >= 11 is 0. The Bertz CT molecular complexity index is 750. The molecule has 0 saturated heterocycles. The third kappa shape index (κ3) is 3.42. The molecule has 1 amide bonds. The number of para-hydroxylation sites is 1. The first-order valence-electron chi connectivity index (χ1n) is 6.88. The molecule has 8 heteroatoms. The number of carbonyl (C=O) groups is 1. The number of hydrogen-bond donors (Lipinski definition) is 1. The fourth-order valence-corrected chi connectivity index (χ4v) is 2.09. The van der Waals surface area contributed by atoms with Gasteiger partial charge in [-0.3, -0.25) is 14.9 Å². The largest absolute Gasteiger partial charge is 0.347 e. The van der Waals surface area contributed by atoms with Crippen LogP contribution in [0.15, 0.2) is 24.3 Å². The van der Waals surface area contributed by atoms with Gasteiger partial charge in [-0.25, -0.2) is 9.97 Å². The van der Waals surface area contributed by atoms with Crippen molar-refractivity contribution < 1.29 is 9.72 Å². The average molecular weight is 315 g/mol. The van der Waals surface area contributed by atoms with Crippen molar-refractivity contribution in [2.75, 3.05) is 24.3 Å². The first-order chi connectivity index (χ1) is 10.8. The third-order valence-electron chi connectivity index (χ3n) is 3.24. The van der Waals surface area contributed by atoms with Crippen molar-refractivity contribution >= 4 is 23.2 Å². The second kappa shape index (κ2) is 6.39. The van der Waals surface area contributed by atoms with Crippen LogP contribution < -0.4 is 10.2 Å². The number of carbonyl (C=O) groups excluding carboxylic acids is 1. The molecule has 0 aliphatic heterocycles. The van der Waals surface area contributed by atoms with Crippen LogP contribution in [0.4, 0.5) is 17.3 Å². The van der Waals surface area contributed by atoms with Gasteiger partial charge in [-0.1, -0.05) is 12.1 Å². The van der Waals surface area contributed by atoms with Crippen LogP contribution in [-0.4, -0.2) is 34.9 Å². The summed E-state index contributed by atoms with van der Waals surface area (Å²) in [4.78, 5) is 33.2. The van der Waals surface area contributed by atoms with E-state index in [0.29, 0.717) is 23.0 Å². The minimum Gasteiger partial charge on any atom is -0.347 e. The Morgan fingerprint density at radius 2 is 1.74 bits per heavy atom. The number of amides is 1. The summed E-state index contributed by atoms with van der Waals surface area (Å²) in [6.07, 6.45) is 0. The molecule has 0 radical (unpaired) electrons. The average Bonchev–Trinajstić information content (AvgIpc) is 2.50. The Kier molecular flexibility index (Phi) is 4.54. The molecule has 2 aromatic rings. The predicted octanol–water partition coefficient (Wildman–Crippen LogP) is 2.32. The summed E-state index contributed by atoms with van der Waals surface area (Å²) < 4.78 is 0. The fourth-order valence-electron chi connectivity index (χ4n) is 2.09. The lowest BCUT2D eigenvalue weighted by molar-refractivity contribution is -0.385. The molecule has 0 aliphatic rings. The van der Waals surface area contributed by atoms with Gasteiger partial charge in [-0.05, 0) is 19.9 Å². The van der Waals surface area contributed by atoms with E-state index in [1.807, 2.05) is 14.1 Å². The minimum absolute atomic E-state index is 0.00649.